The largest absolute Gasteiger partial charge is 0.437 e. The normalized spacial score (nSPS) is 10.4. The predicted octanol–water partition coefficient (Wildman–Crippen LogP) is 3.56. The summed E-state index contributed by atoms with van der Waals surface area (Å²) in [7, 11) is 1.90. The van der Waals surface area contributed by atoms with Crippen LogP contribution in [0.3, 0.4) is 0 Å². The zero-order valence-corrected chi connectivity index (χ0v) is 11.2. The van der Waals surface area contributed by atoms with Gasteiger partial charge >= 0.3 is 0 Å². The molecule has 2 aromatic rings. The zero-order valence-electron chi connectivity index (χ0n) is 10.4. The Hall–Kier alpha value is -1.58. The standard InChI is InChI=1S/C14H15ClN2O/c1-10-3-4-13(12(15)7-10)18-14-8-11(9-16-2)5-6-17-14/h3-8,16H,9H2,1-2H3. The number of nitrogens with zero attached hydrogens (tertiary/aromatic N) is 1. The molecule has 0 aliphatic carbocycles. The third kappa shape index (κ3) is 3.22. The van der Waals surface area contributed by atoms with Crippen LogP contribution in [0, 0.1) is 6.92 Å². The molecule has 1 heterocycles. The third-order valence-electron chi connectivity index (χ3n) is 2.48. The number of ether oxygens (including phenoxy) is 1. The summed E-state index contributed by atoms with van der Waals surface area (Å²) in [6, 6.07) is 9.52. The Bertz CT molecular complexity index is 543. The van der Waals surface area contributed by atoms with Crippen LogP contribution in [0.2, 0.25) is 5.02 Å². The Morgan fingerprint density at radius 3 is 2.83 bits per heavy atom. The highest BCUT2D eigenvalue weighted by Crippen LogP contribution is 2.29. The molecule has 0 saturated carbocycles. The molecule has 0 saturated heterocycles. The lowest BCUT2D eigenvalue weighted by Crippen LogP contribution is -2.05. The molecule has 0 aliphatic rings. The number of hydrogen-bond acceptors (Lipinski definition) is 3. The molecule has 4 heteroatoms. The maximum absolute atomic E-state index is 6.12. The van der Waals surface area contributed by atoms with E-state index in [4.69, 9.17) is 16.3 Å². The molecule has 0 amide bonds. The average Bonchev–Trinajstić information content (AvgIpc) is 2.34. The van der Waals surface area contributed by atoms with Gasteiger partial charge in [-0.1, -0.05) is 17.7 Å². The minimum Gasteiger partial charge on any atom is -0.437 e. The van der Waals surface area contributed by atoms with E-state index in [0.717, 1.165) is 17.7 Å². The first-order valence-electron chi connectivity index (χ1n) is 5.72. The molecule has 0 unspecified atom stereocenters. The quantitative estimate of drug-likeness (QED) is 0.915. The van der Waals surface area contributed by atoms with Crippen molar-refractivity contribution in [3.63, 3.8) is 0 Å². The maximum atomic E-state index is 6.12. The number of rotatable bonds is 4. The maximum Gasteiger partial charge on any atom is 0.219 e. The molecule has 1 aromatic carbocycles. The molecule has 18 heavy (non-hydrogen) atoms. The molecular formula is C14H15ClN2O. The van der Waals surface area contributed by atoms with Gasteiger partial charge < -0.3 is 10.1 Å². The summed E-state index contributed by atoms with van der Waals surface area (Å²) in [6.45, 7) is 2.77. The smallest absolute Gasteiger partial charge is 0.219 e. The van der Waals surface area contributed by atoms with Gasteiger partial charge in [-0.3, -0.25) is 0 Å². The fourth-order valence-corrected chi connectivity index (χ4v) is 1.90. The van der Waals surface area contributed by atoms with Crippen molar-refractivity contribution in [1.82, 2.24) is 10.3 Å². The van der Waals surface area contributed by atoms with Crippen LogP contribution in [0.15, 0.2) is 36.5 Å². The van der Waals surface area contributed by atoms with Crippen LogP contribution in [0.1, 0.15) is 11.1 Å². The second-order valence-corrected chi connectivity index (χ2v) is 4.48. The van der Waals surface area contributed by atoms with Gasteiger partial charge in [0.1, 0.15) is 5.75 Å². The van der Waals surface area contributed by atoms with Crippen LogP contribution in [-0.4, -0.2) is 12.0 Å². The van der Waals surface area contributed by atoms with Crippen LogP contribution in [-0.2, 0) is 6.54 Å². The van der Waals surface area contributed by atoms with Gasteiger partial charge in [0.2, 0.25) is 5.88 Å². The van der Waals surface area contributed by atoms with E-state index in [1.54, 1.807) is 6.20 Å². The van der Waals surface area contributed by atoms with E-state index in [1.807, 2.05) is 44.3 Å². The van der Waals surface area contributed by atoms with E-state index in [1.165, 1.54) is 0 Å². The lowest BCUT2D eigenvalue weighted by molar-refractivity contribution is 0.462. The van der Waals surface area contributed by atoms with Gasteiger partial charge in [0.15, 0.2) is 0 Å². The van der Waals surface area contributed by atoms with E-state index in [-0.39, 0.29) is 0 Å². The lowest BCUT2D eigenvalue weighted by Gasteiger charge is -2.08. The van der Waals surface area contributed by atoms with Crippen LogP contribution in [0.5, 0.6) is 11.6 Å². The highest BCUT2D eigenvalue weighted by atomic mass is 35.5. The number of hydrogen-bond donors (Lipinski definition) is 1. The third-order valence-corrected chi connectivity index (χ3v) is 2.78. The van der Waals surface area contributed by atoms with Crippen LogP contribution in [0.4, 0.5) is 0 Å². The molecule has 0 atom stereocenters. The number of halogens is 1. The van der Waals surface area contributed by atoms with Crippen LogP contribution in [0.25, 0.3) is 0 Å². The highest BCUT2D eigenvalue weighted by Gasteiger charge is 2.04. The molecule has 3 nitrogen and oxygen atoms in total. The predicted molar refractivity (Wildman–Crippen MR) is 73.3 cm³/mol. The molecule has 0 bridgehead atoms. The first-order chi connectivity index (χ1) is 8.69. The Labute approximate surface area is 112 Å². The first-order valence-corrected chi connectivity index (χ1v) is 6.10. The number of pyridine rings is 1. The molecule has 0 spiro atoms. The first kappa shape index (κ1) is 12.9. The van der Waals surface area contributed by atoms with Gasteiger partial charge in [0.05, 0.1) is 5.02 Å². The SMILES string of the molecule is CNCc1ccnc(Oc2ccc(C)cc2Cl)c1. The van der Waals surface area contributed by atoms with E-state index < -0.39 is 0 Å². The second kappa shape index (κ2) is 5.85. The number of aryl methyl sites for hydroxylation is 1. The fraction of sp³-hybridized carbons (Fsp3) is 0.214. The van der Waals surface area contributed by atoms with Crippen molar-refractivity contribution in [2.75, 3.05) is 7.05 Å². The number of aromatic nitrogens is 1. The summed E-state index contributed by atoms with van der Waals surface area (Å²) in [6.07, 6.45) is 1.73. The van der Waals surface area contributed by atoms with Gasteiger partial charge in [0.25, 0.3) is 0 Å². The summed E-state index contributed by atoms with van der Waals surface area (Å²) >= 11 is 6.12. The molecule has 0 fully saturated rings. The minimum absolute atomic E-state index is 0.550. The van der Waals surface area contributed by atoms with Gasteiger partial charge in [-0.2, -0.15) is 0 Å². The van der Waals surface area contributed by atoms with Crippen LogP contribution >= 0.6 is 11.6 Å². The Balaban J connectivity index is 2.20. The van der Waals surface area contributed by atoms with E-state index >= 15 is 0 Å². The van der Waals surface area contributed by atoms with E-state index in [2.05, 4.69) is 10.3 Å². The highest BCUT2D eigenvalue weighted by molar-refractivity contribution is 6.32. The molecular weight excluding hydrogens is 248 g/mol. The summed E-state index contributed by atoms with van der Waals surface area (Å²) < 4.78 is 5.68. The van der Waals surface area contributed by atoms with Gasteiger partial charge in [-0.25, -0.2) is 4.98 Å². The van der Waals surface area contributed by atoms with Crippen molar-refractivity contribution in [2.45, 2.75) is 13.5 Å². The van der Waals surface area contributed by atoms with E-state index in [9.17, 15) is 0 Å². The van der Waals surface area contributed by atoms with Crippen molar-refractivity contribution >= 4 is 11.6 Å². The molecule has 0 aliphatic heterocycles. The Kier molecular flexibility index (Phi) is 4.18. The average molecular weight is 263 g/mol. The van der Waals surface area contributed by atoms with Gasteiger partial charge in [-0.15, -0.1) is 0 Å². The fourth-order valence-electron chi connectivity index (χ4n) is 1.62. The summed E-state index contributed by atoms with van der Waals surface area (Å²) in [5, 5.41) is 3.68. The van der Waals surface area contributed by atoms with Crippen molar-refractivity contribution in [3.05, 3.63) is 52.7 Å². The molecule has 1 aromatic heterocycles. The molecule has 2 rings (SSSR count). The molecule has 94 valence electrons. The molecule has 1 N–H and O–H groups in total. The number of benzene rings is 1. The summed E-state index contributed by atoms with van der Waals surface area (Å²) in [5.74, 6) is 1.17. The van der Waals surface area contributed by atoms with Gasteiger partial charge in [-0.05, 0) is 43.3 Å². The second-order valence-electron chi connectivity index (χ2n) is 4.07. The van der Waals surface area contributed by atoms with Crippen molar-refractivity contribution in [1.29, 1.82) is 0 Å². The van der Waals surface area contributed by atoms with Crippen LogP contribution < -0.4 is 10.1 Å². The zero-order chi connectivity index (χ0) is 13.0. The van der Waals surface area contributed by atoms with E-state index in [0.29, 0.717) is 16.7 Å². The summed E-state index contributed by atoms with van der Waals surface area (Å²) in [4.78, 5) is 4.17. The summed E-state index contributed by atoms with van der Waals surface area (Å²) in [5.41, 5.74) is 2.22. The Morgan fingerprint density at radius 1 is 1.28 bits per heavy atom. The van der Waals surface area contributed by atoms with Crippen molar-refractivity contribution in [2.24, 2.45) is 0 Å². The lowest BCUT2D eigenvalue weighted by atomic mass is 10.2. The van der Waals surface area contributed by atoms with Crippen molar-refractivity contribution in [3.8, 4) is 11.6 Å². The van der Waals surface area contributed by atoms with Gasteiger partial charge in [0, 0.05) is 18.8 Å². The van der Waals surface area contributed by atoms with Crippen molar-refractivity contribution < 1.29 is 4.74 Å². The topological polar surface area (TPSA) is 34.2 Å². The number of nitrogens with one attached hydrogen (secondary N) is 1. The Morgan fingerprint density at radius 2 is 2.11 bits per heavy atom. The monoisotopic (exact) mass is 262 g/mol. The minimum atomic E-state index is 0.550. The molecule has 0 radical (unpaired) electrons.